The molecule has 1 fully saturated rings. The molecule has 1 amide bonds. The average molecular weight is 321 g/mol. The molecule has 4 rings (SSSR count). The first-order valence-corrected chi connectivity index (χ1v) is 8.61. The third kappa shape index (κ3) is 2.89. The Bertz CT molecular complexity index is 749. The highest BCUT2D eigenvalue weighted by molar-refractivity contribution is 6.02. The maximum absolute atomic E-state index is 12.5. The zero-order valence-corrected chi connectivity index (χ0v) is 14.0. The molecule has 4 nitrogen and oxygen atoms in total. The highest BCUT2D eigenvalue weighted by Crippen LogP contribution is 2.32. The van der Waals surface area contributed by atoms with Gasteiger partial charge >= 0.3 is 0 Å². The lowest BCUT2D eigenvalue weighted by molar-refractivity contribution is 0.0822. The van der Waals surface area contributed by atoms with Crippen LogP contribution in [0.15, 0.2) is 48.5 Å². The molecular weight excluding hydrogens is 298 g/mol. The number of nitrogens with one attached hydrogen (secondary N) is 2. The van der Waals surface area contributed by atoms with E-state index in [9.17, 15) is 4.79 Å². The molecule has 0 unspecified atom stereocenters. The number of anilines is 1. The van der Waals surface area contributed by atoms with Gasteiger partial charge in [0.25, 0.3) is 5.91 Å². The fraction of sp³-hybridized carbons (Fsp3) is 0.350. The molecule has 0 aromatic heterocycles. The number of rotatable bonds is 2. The van der Waals surface area contributed by atoms with Crippen molar-refractivity contribution in [2.45, 2.75) is 32.0 Å². The Morgan fingerprint density at radius 2 is 1.79 bits per heavy atom. The van der Waals surface area contributed by atoms with E-state index in [1.54, 1.807) is 0 Å². The van der Waals surface area contributed by atoms with Crippen molar-refractivity contribution in [1.29, 1.82) is 0 Å². The van der Waals surface area contributed by atoms with E-state index in [0.29, 0.717) is 0 Å². The van der Waals surface area contributed by atoms with Gasteiger partial charge in [0.1, 0.15) is 5.66 Å². The largest absolute Gasteiger partial charge is 0.362 e. The molecule has 0 bridgehead atoms. The molecule has 2 aliphatic heterocycles. The fourth-order valence-corrected chi connectivity index (χ4v) is 3.71. The molecule has 0 atom stereocenters. The fourth-order valence-electron chi connectivity index (χ4n) is 3.71. The highest BCUT2D eigenvalue weighted by atomic mass is 16.2. The number of piperidine rings is 1. The first-order valence-electron chi connectivity index (χ1n) is 8.61. The molecule has 2 heterocycles. The van der Waals surface area contributed by atoms with E-state index in [0.717, 1.165) is 49.3 Å². The van der Waals surface area contributed by atoms with Gasteiger partial charge in [0.05, 0.1) is 5.56 Å². The Morgan fingerprint density at radius 1 is 1.04 bits per heavy atom. The highest BCUT2D eigenvalue weighted by Gasteiger charge is 2.39. The van der Waals surface area contributed by atoms with E-state index in [2.05, 4.69) is 51.9 Å². The van der Waals surface area contributed by atoms with Gasteiger partial charge in [-0.3, -0.25) is 9.69 Å². The Labute approximate surface area is 142 Å². The molecule has 124 valence electrons. The van der Waals surface area contributed by atoms with E-state index in [1.165, 1.54) is 5.56 Å². The standard InChI is InChI=1S/C20H23N3O/c1-15-7-8-18-17(13-15)19(24)22-20(21-18)9-11-23(12-10-20)14-16-5-3-2-4-6-16/h2-8,13,21H,9-12,14H2,1H3,(H,22,24). The number of fused-ring (bicyclic) bond motifs is 1. The van der Waals surface area contributed by atoms with Crippen LogP contribution in [0.25, 0.3) is 0 Å². The summed E-state index contributed by atoms with van der Waals surface area (Å²) in [5.74, 6) is 0.0453. The maximum Gasteiger partial charge on any atom is 0.255 e. The van der Waals surface area contributed by atoms with Crippen molar-refractivity contribution >= 4 is 11.6 Å². The molecule has 1 saturated heterocycles. The summed E-state index contributed by atoms with van der Waals surface area (Å²) < 4.78 is 0. The van der Waals surface area contributed by atoms with Crippen molar-refractivity contribution in [3.8, 4) is 0 Å². The van der Waals surface area contributed by atoms with Gasteiger partial charge in [-0.05, 0) is 24.6 Å². The number of carbonyl (C=O) groups is 1. The number of hydrogen-bond acceptors (Lipinski definition) is 3. The normalized spacial score (nSPS) is 19.5. The van der Waals surface area contributed by atoms with Crippen molar-refractivity contribution in [2.24, 2.45) is 0 Å². The molecule has 2 aromatic rings. The summed E-state index contributed by atoms with van der Waals surface area (Å²) in [6, 6.07) is 16.6. The van der Waals surface area contributed by atoms with Crippen molar-refractivity contribution in [3.05, 3.63) is 65.2 Å². The first kappa shape index (κ1) is 15.2. The number of aryl methyl sites for hydroxylation is 1. The lowest BCUT2D eigenvalue weighted by Crippen LogP contribution is -2.62. The summed E-state index contributed by atoms with van der Waals surface area (Å²) in [5.41, 5.74) is 3.87. The second-order valence-corrected chi connectivity index (χ2v) is 6.97. The molecular formula is C20H23N3O. The first-order chi connectivity index (χ1) is 11.6. The summed E-state index contributed by atoms with van der Waals surface area (Å²) in [5, 5.41) is 6.82. The van der Waals surface area contributed by atoms with Crippen molar-refractivity contribution in [3.63, 3.8) is 0 Å². The summed E-state index contributed by atoms with van der Waals surface area (Å²) >= 11 is 0. The van der Waals surface area contributed by atoms with Crippen LogP contribution in [-0.2, 0) is 6.54 Å². The Balaban J connectivity index is 1.45. The minimum Gasteiger partial charge on any atom is -0.362 e. The molecule has 0 aliphatic carbocycles. The van der Waals surface area contributed by atoms with E-state index < -0.39 is 0 Å². The lowest BCUT2D eigenvalue weighted by Gasteiger charge is -2.46. The van der Waals surface area contributed by atoms with Gasteiger partial charge in [0, 0.05) is 38.2 Å². The molecule has 2 aliphatic rings. The zero-order valence-electron chi connectivity index (χ0n) is 14.0. The minimum absolute atomic E-state index is 0.0453. The maximum atomic E-state index is 12.5. The lowest BCUT2D eigenvalue weighted by atomic mass is 9.91. The quantitative estimate of drug-likeness (QED) is 0.893. The molecule has 0 saturated carbocycles. The molecule has 0 radical (unpaired) electrons. The van der Waals surface area contributed by atoms with Crippen LogP contribution in [0.4, 0.5) is 5.69 Å². The van der Waals surface area contributed by atoms with Crippen LogP contribution < -0.4 is 10.6 Å². The summed E-state index contributed by atoms with van der Waals surface area (Å²) in [4.78, 5) is 15.0. The third-order valence-electron chi connectivity index (χ3n) is 5.11. The Kier molecular flexibility index (Phi) is 3.77. The number of benzene rings is 2. The molecule has 4 heteroatoms. The molecule has 2 aromatic carbocycles. The predicted octanol–water partition coefficient (Wildman–Crippen LogP) is 3.14. The minimum atomic E-state index is -0.299. The molecule has 1 spiro atoms. The van der Waals surface area contributed by atoms with Crippen LogP contribution in [0.1, 0.15) is 34.3 Å². The zero-order chi connectivity index (χ0) is 16.6. The van der Waals surface area contributed by atoms with Crippen molar-refractivity contribution in [1.82, 2.24) is 10.2 Å². The summed E-state index contributed by atoms with van der Waals surface area (Å²) in [7, 11) is 0. The van der Waals surface area contributed by atoms with E-state index in [1.807, 2.05) is 19.1 Å². The molecule has 2 N–H and O–H groups in total. The van der Waals surface area contributed by atoms with Crippen molar-refractivity contribution in [2.75, 3.05) is 18.4 Å². The SMILES string of the molecule is Cc1ccc2c(c1)C(=O)NC1(CCN(Cc3ccccc3)CC1)N2. The number of likely N-dealkylation sites (tertiary alicyclic amines) is 1. The van der Waals surface area contributed by atoms with E-state index >= 15 is 0 Å². The second-order valence-electron chi connectivity index (χ2n) is 6.97. The van der Waals surface area contributed by atoms with Gasteiger partial charge < -0.3 is 10.6 Å². The van der Waals surface area contributed by atoms with Gasteiger partial charge in [0.2, 0.25) is 0 Å². The third-order valence-corrected chi connectivity index (χ3v) is 5.11. The van der Waals surface area contributed by atoms with Gasteiger partial charge in [-0.1, -0.05) is 42.0 Å². The van der Waals surface area contributed by atoms with Gasteiger partial charge in [0.15, 0.2) is 0 Å². The smallest absolute Gasteiger partial charge is 0.255 e. The average Bonchev–Trinajstić information content (AvgIpc) is 2.59. The van der Waals surface area contributed by atoms with Crippen LogP contribution in [0.5, 0.6) is 0 Å². The monoisotopic (exact) mass is 321 g/mol. The Hall–Kier alpha value is -2.33. The van der Waals surface area contributed by atoms with Gasteiger partial charge in [-0.25, -0.2) is 0 Å². The van der Waals surface area contributed by atoms with Crippen LogP contribution >= 0.6 is 0 Å². The number of hydrogen-bond donors (Lipinski definition) is 2. The van der Waals surface area contributed by atoms with Crippen LogP contribution in [0.2, 0.25) is 0 Å². The van der Waals surface area contributed by atoms with Crippen LogP contribution in [0, 0.1) is 6.92 Å². The van der Waals surface area contributed by atoms with E-state index in [-0.39, 0.29) is 11.6 Å². The topological polar surface area (TPSA) is 44.4 Å². The predicted molar refractivity (Wildman–Crippen MR) is 96.0 cm³/mol. The number of amides is 1. The molecule has 24 heavy (non-hydrogen) atoms. The Morgan fingerprint density at radius 3 is 2.54 bits per heavy atom. The number of nitrogens with zero attached hydrogens (tertiary/aromatic N) is 1. The van der Waals surface area contributed by atoms with Gasteiger partial charge in [-0.2, -0.15) is 0 Å². The van der Waals surface area contributed by atoms with Crippen LogP contribution in [0.3, 0.4) is 0 Å². The van der Waals surface area contributed by atoms with Gasteiger partial charge in [-0.15, -0.1) is 0 Å². The van der Waals surface area contributed by atoms with E-state index in [4.69, 9.17) is 0 Å². The van der Waals surface area contributed by atoms with Crippen LogP contribution in [-0.4, -0.2) is 29.6 Å². The summed E-state index contributed by atoms with van der Waals surface area (Å²) in [6.07, 6.45) is 1.83. The van der Waals surface area contributed by atoms with Crippen molar-refractivity contribution < 1.29 is 4.79 Å². The number of carbonyl (C=O) groups excluding carboxylic acids is 1. The summed E-state index contributed by atoms with van der Waals surface area (Å²) in [6.45, 7) is 4.94. The second kappa shape index (κ2) is 5.95.